The molecule has 26 heavy (non-hydrogen) atoms. The highest BCUT2D eigenvalue weighted by Gasteiger charge is 2.30. The molecule has 1 atom stereocenters. The second-order valence-corrected chi connectivity index (χ2v) is 7.93. The van der Waals surface area contributed by atoms with Gasteiger partial charge in [0.2, 0.25) is 5.91 Å². The van der Waals surface area contributed by atoms with Gasteiger partial charge in [0, 0.05) is 44.3 Å². The van der Waals surface area contributed by atoms with E-state index in [-0.39, 0.29) is 11.9 Å². The summed E-state index contributed by atoms with van der Waals surface area (Å²) in [6.45, 7) is 6.56. The summed E-state index contributed by atoms with van der Waals surface area (Å²) in [5, 5.41) is 3.83. The van der Waals surface area contributed by atoms with Crippen molar-refractivity contribution in [2.24, 2.45) is 7.05 Å². The molecule has 0 spiro atoms. The predicted octanol–water partition coefficient (Wildman–Crippen LogP) is 2.01. The van der Waals surface area contributed by atoms with Crippen LogP contribution in [0.15, 0.2) is 18.2 Å². The van der Waals surface area contributed by atoms with Crippen molar-refractivity contribution in [1.82, 2.24) is 24.7 Å². The SMILES string of the molecule is C[C@H](C(=O)NC1CC1)N1CCN(Cc2nc3cc(Cl)ccc3n2C)CC1. The molecule has 2 aromatic rings. The summed E-state index contributed by atoms with van der Waals surface area (Å²) in [6, 6.07) is 6.22. The van der Waals surface area contributed by atoms with Gasteiger partial charge in [0.05, 0.1) is 23.6 Å². The zero-order chi connectivity index (χ0) is 18.3. The first-order chi connectivity index (χ1) is 12.5. The molecule has 4 rings (SSSR count). The average molecular weight is 376 g/mol. The van der Waals surface area contributed by atoms with Crippen LogP contribution in [0.4, 0.5) is 0 Å². The third-order valence-corrected chi connectivity index (χ3v) is 5.79. The number of rotatable bonds is 5. The van der Waals surface area contributed by atoms with Crippen molar-refractivity contribution in [1.29, 1.82) is 0 Å². The lowest BCUT2D eigenvalue weighted by Crippen LogP contribution is -2.53. The smallest absolute Gasteiger partial charge is 0.237 e. The van der Waals surface area contributed by atoms with Gasteiger partial charge in [0.25, 0.3) is 0 Å². The van der Waals surface area contributed by atoms with E-state index in [1.54, 1.807) is 0 Å². The predicted molar refractivity (Wildman–Crippen MR) is 103 cm³/mol. The van der Waals surface area contributed by atoms with Crippen LogP contribution < -0.4 is 5.32 Å². The molecule has 1 aliphatic carbocycles. The zero-order valence-electron chi connectivity index (χ0n) is 15.4. The number of carbonyl (C=O) groups excluding carboxylic acids is 1. The van der Waals surface area contributed by atoms with Crippen molar-refractivity contribution >= 4 is 28.5 Å². The lowest BCUT2D eigenvalue weighted by Gasteiger charge is -2.37. The van der Waals surface area contributed by atoms with Crippen molar-refractivity contribution in [2.45, 2.75) is 38.4 Å². The second kappa shape index (κ2) is 7.18. The molecule has 1 amide bonds. The van der Waals surface area contributed by atoms with Gasteiger partial charge in [0.1, 0.15) is 5.82 Å². The molecule has 1 aromatic heterocycles. The highest BCUT2D eigenvalue weighted by molar-refractivity contribution is 6.31. The topological polar surface area (TPSA) is 53.4 Å². The quantitative estimate of drug-likeness (QED) is 0.868. The molecule has 2 heterocycles. The number of halogens is 1. The number of hydrogen-bond donors (Lipinski definition) is 1. The molecule has 0 bridgehead atoms. The van der Waals surface area contributed by atoms with E-state index in [4.69, 9.17) is 16.6 Å². The van der Waals surface area contributed by atoms with E-state index in [0.717, 1.165) is 62.4 Å². The Morgan fingerprint density at radius 2 is 2.04 bits per heavy atom. The molecule has 2 fully saturated rings. The molecule has 1 aliphatic heterocycles. The van der Waals surface area contributed by atoms with Crippen molar-refractivity contribution in [3.8, 4) is 0 Å². The van der Waals surface area contributed by atoms with E-state index < -0.39 is 0 Å². The molecular weight excluding hydrogens is 350 g/mol. The third kappa shape index (κ3) is 3.72. The number of benzene rings is 1. The van der Waals surface area contributed by atoms with E-state index in [1.807, 2.05) is 25.1 Å². The first kappa shape index (κ1) is 17.8. The zero-order valence-corrected chi connectivity index (χ0v) is 16.2. The number of nitrogens with one attached hydrogen (secondary N) is 1. The van der Waals surface area contributed by atoms with Gasteiger partial charge in [-0.1, -0.05) is 11.6 Å². The summed E-state index contributed by atoms with van der Waals surface area (Å²) < 4.78 is 2.14. The van der Waals surface area contributed by atoms with Crippen LogP contribution in [0.3, 0.4) is 0 Å². The summed E-state index contributed by atoms with van der Waals surface area (Å²) in [5.74, 6) is 1.23. The van der Waals surface area contributed by atoms with Crippen LogP contribution in [0.2, 0.25) is 5.02 Å². The van der Waals surface area contributed by atoms with Gasteiger partial charge in [-0.25, -0.2) is 4.98 Å². The average Bonchev–Trinajstić information content (AvgIpc) is 3.39. The highest BCUT2D eigenvalue weighted by atomic mass is 35.5. The Morgan fingerprint density at radius 3 is 2.73 bits per heavy atom. The summed E-state index contributed by atoms with van der Waals surface area (Å²) in [5.41, 5.74) is 2.05. The molecular formula is C19H26ClN5O. The van der Waals surface area contributed by atoms with Crippen LogP contribution in [0.25, 0.3) is 11.0 Å². The van der Waals surface area contributed by atoms with Crippen molar-refractivity contribution in [3.63, 3.8) is 0 Å². The van der Waals surface area contributed by atoms with E-state index in [2.05, 4.69) is 26.7 Å². The van der Waals surface area contributed by atoms with Crippen molar-refractivity contribution in [2.75, 3.05) is 26.2 Å². The molecule has 2 aliphatic rings. The Hall–Kier alpha value is -1.63. The summed E-state index contributed by atoms with van der Waals surface area (Å²) in [7, 11) is 2.05. The minimum atomic E-state index is -0.0457. The van der Waals surface area contributed by atoms with E-state index in [1.165, 1.54) is 0 Å². The van der Waals surface area contributed by atoms with Crippen LogP contribution in [0.1, 0.15) is 25.6 Å². The Kier molecular flexibility index (Phi) is 4.90. The lowest BCUT2D eigenvalue weighted by molar-refractivity contribution is -0.126. The van der Waals surface area contributed by atoms with E-state index in [9.17, 15) is 4.79 Å². The Labute approximate surface area is 159 Å². The standard InChI is InChI=1S/C19H26ClN5O/c1-13(19(26)21-15-4-5-15)25-9-7-24(8-10-25)12-18-22-16-11-14(20)3-6-17(16)23(18)2/h3,6,11,13,15H,4-5,7-10,12H2,1-2H3,(H,21,26)/t13-/m1/s1. The fourth-order valence-electron chi connectivity index (χ4n) is 3.59. The number of amides is 1. The Balaban J connectivity index is 1.35. The first-order valence-corrected chi connectivity index (χ1v) is 9.76. The number of hydrogen-bond acceptors (Lipinski definition) is 4. The number of carbonyl (C=O) groups is 1. The molecule has 1 saturated carbocycles. The minimum Gasteiger partial charge on any atom is -0.352 e. The second-order valence-electron chi connectivity index (χ2n) is 7.49. The molecule has 0 radical (unpaired) electrons. The van der Waals surface area contributed by atoms with Crippen molar-refractivity contribution in [3.05, 3.63) is 29.0 Å². The monoisotopic (exact) mass is 375 g/mol. The maximum absolute atomic E-state index is 12.2. The fraction of sp³-hybridized carbons (Fsp3) is 0.579. The molecule has 1 aromatic carbocycles. The molecule has 6 nitrogen and oxygen atoms in total. The number of imidazole rings is 1. The van der Waals surface area contributed by atoms with Gasteiger partial charge in [-0.3, -0.25) is 14.6 Å². The fourth-order valence-corrected chi connectivity index (χ4v) is 3.75. The van der Waals surface area contributed by atoms with E-state index >= 15 is 0 Å². The Bertz CT molecular complexity index is 808. The van der Waals surface area contributed by atoms with Crippen LogP contribution >= 0.6 is 11.6 Å². The van der Waals surface area contributed by atoms with Crippen molar-refractivity contribution < 1.29 is 4.79 Å². The van der Waals surface area contributed by atoms with Gasteiger partial charge in [-0.2, -0.15) is 0 Å². The normalized spacial score (nSPS) is 20.4. The molecule has 1 saturated heterocycles. The van der Waals surface area contributed by atoms with E-state index in [0.29, 0.717) is 11.1 Å². The van der Waals surface area contributed by atoms with Gasteiger partial charge in [-0.15, -0.1) is 0 Å². The highest BCUT2D eigenvalue weighted by Crippen LogP contribution is 2.21. The number of aryl methyl sites for hydroxylation is 1. The molecule has 140 valence electrons. The number of piperazine rings is 1. The van der Waals surface area contributed by atoms with Crippen LogP contribution in [0.5, 0.6) is 0 Å². The summed E-state index contributed by atoms with van der Waals surface area (Å²) in [4.78, 5) is 21.7. The maximum Gasteiger partial charge on any atom is 0.237 e. The molecule has 0 unspecified atom stereocenters. The summed E-state index contributed by atoms with van der Waals surface area (Å²) in [6.07, 6.45) is 2.27. The lowest BCUT2D eigenvalue weighted by atomic mass is 10.2. The molecule has 1 N–H and O–H groups in total. The number of fused-ring (bicyclic) bond motifs is 1. The third-order valence-electron chi connectivity index (χ3n) is 5.56. The van der Waals surface area contributed by atoms with Gasteiger partial charge < -0.3 is 9.88 Å². The summed E-state index contributed by atoms with van der Waals surface area (Å²) >= 11 is 6.08. The van der Waals surface area contributed by atoms with Crippen LogP contribution in [-0.2, 0) is 18.4 Å². The number of nitrogens with zero attached hydrogens (tertiary/aromatic N) is 4. The minimum absolute atomic E-state index is 0.0457. The molecule has 7 heteroatoms. The maximum atomic E-state index is 12.2. The van der Waals surface area contributed by atoms with Gasteiger partial charge >= 0.3 is 0 Å². The van der Waals surface area contributed by atoms with Crippen LogP contribution in [-0.4, -0.2) is 63.5 Å². The van der Waals surface area contributed by atoms with Crippen LogP contribution in [0, 0.1) is 0 Å². The number of aromatic nitrogens is 2. The Morgan fingerprint density at radius 1 is 1.31 bits per heavy atom. The van der Waals surface area contributed by atoms with Gasteiger partial charge in [0.15, 0.2) is 0 Å². The first-order valence-electron chi connectivity index (χ1n) is 9.39. The van der Waals surface area contributed by atoms with Gasteiger partial charge in [-0.05, 0) is 38.0 Å². The largest absolute Gasteiger partial charge is 0.352 e.